The first kappa shape index (κ1) is 22.0. The molecule has 0 amide bonds. The normalized spacial score (nSPS) is 23.0. The summed E-state index contributed by atoms with van der Waals surface area (Å²) in [6.45, 7) is 1.48. The number of hydrogen-bond donors (Lipinski definition) is 3. The van der Waals surface area contributed by atoms with Gasteiger partial charge in [-0.2, -0.15) is 0 Å². The molecule has 2 unspecified atom stereocenters. The van der Waals surface area contributed by atoms with E-state index in [1.807, 2.05) is 0 Å². The molecule has 1 aromatic carbocycles. The minimum Gasteiger partial charge on any atom is -0.426 e. The first-order valence-corrected chi connectivity index (χ1v) is 10.2. The highest BCUT2D eigenvalue weighted by molar-refractivity contribution is 7.71. The van der Waals surface area contributed by atoms with Gasteiger partial charge in [-0.05, 0) is 43.8 Å². The number of ether oxygens (including phenoxy) is 1. The third-order valence-corrected chi connectivity index (χ3v) is 5.44. The summed E-state index contributed by atoms with van der Waals surface area (Å²) in [7, 11) is -1.54. The quantitative estimate of drug-likeness (QED) is 0.375. The molecule has 1 saturated heterocycles. The molecular formula is C17H20FN2O7PS. The van der Waals surface area contributed by atoms with Crippen LogP contribution >= 0.6 is 20.8 Å². The lowest BCUT2D eigenvalue weighted by molar-refractivity contribution is -0.113. The summed E-state index contributed by atoms with van der Waals surface area (Å²) in [6, 6.07) is 4.17. The minimum absolute atomic E-state index is 0.185. The van der Waals surface area contributed by atoms with Gasteiger partial charge in [0.15, 0.2) is 17.9 Å². The van der Waals surface area contributed by atoms with E-state index in [9.17, 15) is 14.3 Å². The zero-order chi connectivity index (χ0) is 21.0. The predicted molar refractivity (Wildman–Crippen MR) is 103 cm³/mol. The molecule has 4 rings (SSSR count). The summed E-state index contributed by atoms with van der Waals surface area (Å²) in [4.78, 5) is 13.8. The van der Waals surface area contributed by atoms with E-state index < -0.39 is 21.7 Å². The fourth-order valence-corrected chi connectivity index (χ4v) is 3.82. The summed E-state index contributed by atoms with van der Waals surface area (Å²) in [6.07, 6.45) is 1.93. The Labute approximate surface area is 171 Å². The summed E-state index contributed by atoms with van der Waals surface area (Å²) in [5.41, 5.74) is 1.04. The molecular weight excluding hydrogens is 426 g/mol. The van der Waals surface area contributed by atoms with Crippen LogP contribution in [-0.4, -0.2) is 32.8 Å². The van der Waals surface area contributed by atoms with E-state index in [0.717, 1.165) is 0 Å². The molecule has 0 saturated carbocycles. The first-order valence-electron chi connectivity index (χ1n) is 8.66. The van der Waals surface area contributed by atoms with Gasteiger partial charge in [0.2, 0.25) is 0 Å². The molecule has 2 aliphatic heterocycles. The van der Waals surface area contributed by atoms with Gasteiger partial charge in [0.1, 0.15) is 17.8 Å². The van der Waals surface area contributed by atoms with Gasteiger partial charge in [-0.15, -0.1) is 0 Å². The van der Waals surface area contributed by atoms with Gasteiger partial charge >= 0.3 is 8.60 Å². The van der Waals surface area contributed by atoms with E-state index in [1.165, 1.54) is 18.2 Å². The topological polar surface area (TPSA) is 115 Å². The van der Waals surface area contributed by atoms with Gasteiger partial charge in [-0.25, -0.2) is 4.39 Å². The van der Waals surface area contributed by atoms with Crippen LogP contribution in [0, 0.1) is 17.5 Å². The van der Waals surface area contributed by atoms with Gasteiger partial charge in [0.25, 0.3) is 5.56 Å². The molecule has 3 heterocycles. The van der Waals surface area contributed by atoms with Crippen LogP contribution in [0.15, 0.2) is 29.2 Å². The Hall–Kier alpha value is -1.72. The zero-order valence-electron chi connectivity index (χ0n) is 15.4. The number of nitrogens with one attached hydrogen (secondary N) is 1. The van der Waals surface area contributed by atoms with E-state index in [1.54, 1.807) is 17.7 Å². The summed E-state index contributed by atoms with van der Waals surface area (Å²) in [5, 5.41) is 17.7. The van der Waals surface area contributed by atoms with Crippen LogP contribution in [0.3, 0.4) is 0 Å². The molecule has 0 spiro atoms. The SMILES string of the molecule is Cc1cn(C2CC[C@@H](O)O2)c(=S)[nH]c1=O.OCOP1OCc2cc(F)ccc2O1. The molecule has 2 aromatic rings. The Kier molecular flexibility index (Phi) is 7.47. The third-order valence-electron chi connectivity index (χ3n) is 4.11. The van der Waals surface area contributed by atoms with E-state index >= 15 is 0 Å². The second kappa shape index (κ2) is 9.86. The third kappa shape index (κ3) is 5.67. The molecule has 1 fully saturated rings. The second-order valence-corrected chi connectivity index (χ2v) is 7.73. The van der Waals surface area contributed by atoms with Crippen LogP contribution in [0.1, 0.15) is 30.2 Å². The van der Waals surface area contributed by atoms with Crippen LogP contribution in [0.2, 0.25) is 0 Å². The molecule has 0 bridgehead atoms. The molecule has 12 heteroatoms. The van der Waals surface area contributed by atoms with E-state index in [-0.39, 0.29) is 24.2 Å². The van der Waals surface area contributed by atoms with Gasteiger partial charge in [-0.3, -0.25) is 23.4 Å². The van der Waals surface area contributed by atoms with Gasteiger partial charge < -0.3 is 19.5 Å². The fraction of sp³-hybridized carbons (Fsp3) is 0.412. The molecule has 1 aromatic heterocycles. The molecule has 29 heavy (non-hydrogen) atoms. The Balaban J connectivity index is 0.000000166. The standard InChI is InChI=1S/C9H12N2O3S.C8H8FO4P/c1-5-4-11(9(15)10-8(5)13)6-2-3-7(12)14-6;9-7-1-2-8-6(3-7)4-11-14(13-8)12-5-10/h4,6-7,12H,2-3H2,1H3,(H,10,13,15);1-3,10H,4-5H2/t6?,7-;/m0./s1. The lowest BCUT2D eigenvalue weighted by Crippen LogP contribution is -2.19. The highest BCUT2D eigenvalue weighted by Gasteiger charge is 2.25. The summed E-state index contributed by atoms with van der Waals surface area (Å²) < 4.78 is 35.1. The number of halogens is 1. The number of benzene rings is 1. The number of aliphatic hydroxyl groups is 2. The molecule has 3 atom stereocenters. The van der Waals surface area contributed by atoms with Gasteiger partial charge in [0.05, 0.1) is 6.61 Å². The maximum absolute atomic E-state index is 12.8. The average molecular weight is 446 g/mol. The number of H-pyrrole nitrogens is 1. The maximum atomic E-state index is 12.8. The van der Waals surface area contributed by atoms with Crippen molar-refractivity contribution in [2.24, 2.45) is 0 Å². The lowest BCUT2D eigenvalue weighted by Gasteiger charge is -2.22. The predicted octanol–water partition coefficient (Wildman–Crippen LogP) is 2.77. The summed E-state index contributed by atoms with van der Waals surface area (Å²) >= 11 is 5.02. The van der Waals surface area contributed by atoms with E-state index in [4.69, 9.17) is 35.6 Å². The van der Waals surface area contributed by atoms with Gasteiger partial charge in [0, 0.05) is 23.7 Å². The monoisotopic (exact) mass is 446 g/mol. The van der Waals surface area contributed by atoms with Crippen molar-refractivity contribution < 1.29 is 32.9 Å². The number of aromatic amines is 1. The number of fused-ring (bicyclic) bond motifs is 1. The van der Waals surface area contributed by atoms with Crippen LogP contribution in [0.5, 0.6) is 5.75 Å². The molecule has 0 radical (unpaired) electrons. The van der Waals surface area contributed by atoms with Gasteiger partial charge in [-0.1, -0.05) is 0 Å². The molecule has 0 aliphatic carbocycles. The largest absolute Gasteiger partial charge is 0.426 e. The van der Waals surface area contributed by atoms with Crippen LogP contribution in [-0.2, 0) is 20.4 Å². The van der Waals surface area contributed by atoms with E-state index in [2.05, 4.69) is 4.98 Å². The molecule has 2 aliphatic rings. The Bertz CT molecular complexity index is 970. The summed E-state index contributed by atoms with van der Waals surface area (Å²) in [5.74, 6) is 0.211. The van der Waals surface area contributed by atoms with Crippen LogP contribution in [0.4, 0.5) is 4.39 Å². The van der Waals surface area contributed by atoms with Crippen molar-refractivity contribution in [3.05, 3.63) is 56.5 Å². The van der Waals surface area contributed by atoms with E-state index in [0.29, 0.717) is 34.5 Å². The van der Waals surface area contributed by atoms with Crippen molar-refractivity contribution in [3.8, 4) is 5.75 Å². The number of hydrogen-bond acceptors (Lipinski definition) is 8. The van der Waals surface area contributed by atoms with Crippen molar-refractivity contribution in [1.29, 1.82) is 0 Å². The maximum Gasteiger partial charge on any atom is 0.399 e. The molecule has 158 valence electrons. The Morgan fingerprint density at radius 2 is 2.24 bits per heavy atom. The minimum atomic E-state index is -1.54. The molecule has 3 N–H and O–H groups in total. The van der Waals surface area contributed by atoms with Crippen LogP contribution < -0.4 is 10.1 Å². The number of aliphatic hydroxyl groups excluding tert-OH is 2. The number of rotatable bonds is 3. The second-order valence-electron chi connectivity index (χ2n) is 6.20. The number of nitrogens with zero attached hydrogens (tertiary/aromatic N) is 1. The Morgan fingerprint density at radius 3 is 2.93 bits per heavy atom. The smallest absolute Gasteiger partial charge is 0.399 e. The van der Waals surface area contributed by atoms with Crippen molar-refractivity contribution in [3.63, 3.8) is 0 Å². The highest BCUT2D eigenvalue weighted by Crippen LogP contribution is 2.46. The van der Waals surface area contributed by atoms with Crippen molar-refractivity contribution >= 4 is 20.8 Å². The first-order chi connectivity index (χ1) is 13.9. The number of aryl methyl sites for hydroxylation is 1. The van der Waals surface area contributed by atoms with Crippen molar-refractivity contribution in [2.45, 2.75) is 38.9 Å². The highest BCUT2D eigenvalue weighted by atomic mass is 32.1. The number of aromatic nitrogens is 2. The van der Waals surface area contributed by atoms with Crippen molar-refractivity contribution in [2.75, 3.05) is 6.79 Å². The fourth-order valence-electron chi connectivity index (χ4n) is 2.70. The lowest BCUT2D eigenvalue weighted by atomic mass is 10.2. The van der Waals surface area contributed by atoms with Crippen LogP contribution in [0.25, 0.3) is 0 Å². The van der Waals surface area contributed by atoms with Crippen molar-refractivity contribution in [1.82, 2.24) is 9.55 Å². The molecule has 9 nitrogen and oxygen atoms in total. The Morgan fingerprint density at radius 1 is 1.45 bits per heavy atom. The average Bonchev–Trinajstić information content (AvgIpc) is 3.12. The zero-order valence-corrected chi connectivity index (χ0v) is 17.1.